The van der Waals surface area contributed by atoms with E-state index in [1.54, 1.807) is 11.3 Å². The lowest BCUT2D eigenvalue weighted by molar-refractivity contribution is 0.469. The molecule has 0 spiro atoms. The zero-order chi connectivity index (χ0) is 11.4. The summed E-state index contributed by atoms with van der Waals surface area (Å²) in [4.78, 5) is 5.77. The van der Waals surface area contributed by atoms with Crippen LogP contribution in [0.4, 0.5) is 0 Å². The van der Waals surface area contributed by atoms with E-state index < -0.39 is 8.24 Å². The predicted molar refractivity (Wildman–Crippen MR) is 75.3 cm³/mol. The summed E-state index contributed by atoms with van der Waals surface area (Å²) in [6.45, 7) is 8.36. The van der Waals surface area contributed by atoms with Gasteiger partial charge in [-0.05, 0) is 30.5 Å². The van der Waals surface area contributed by atoms with E-state index in [1.165, 1.54) is 23.9 Å². The number of aliphatic imine (C=N–C) groups is 1. The van der Waals surface area contributed by atoms with Crippen molar-refractivity contribution >= 4 is 25.8 Å². The molecule has 1 aromatic rings. The summed E-state index contributed by atoms with van der Waals surface area (Å²) in [6.07, 6.45) is 3.41. The van der Waals surface area contributed by atoms with Crippen LogP contribution >= 0.6 is 11.3 Å². The summed E-state index contributed by atoms with van der Waals surface area (Å²) >= 11 is 1.75. The number of rotatable bonds is 4. The van der Waals surface area contributed by atoms with Crippen molar-refractivity contribution in [3.8, 4) is 0 Å². The molecule has 16 heavy (non-hydrogen) atoms. The first-order chi connectivity index (χ1) is 7.68. The van der Waals surface area contributed by atoms with Crippen LogP contribution in [0.5, 0.6) is 0 Å². The molecule has 2 rings (SSSR count). The van der Waals surface area contributed by atoms with Crippen LogP contribution in [0, 0.1) is 0 Å². The van der Waals surface area contributed by atoms with Gasteiger partial charge in [-0.1, -0.05) is 19.2 Å². The molecule has 0 aromatic carbocycles. The molecule has 4 heteroatoms. The SMILES string of the molecule is C[Si]1(C)CCCN1CCN=Cc1cccs1. The highest BCUT2D eigenvalue weighted by atomic mass is 32.1. The van der Waals surface area contributed by atoms with Crippen LogP contribution in [-0.2, 0) is 0 Å². The van der Waals surface area contributed by atoms with Crippen LogP contribution in [0.25, 0.3) is 0 Å². The fourth-order valence-corrected chi connectivity index (χ4v) is 5.69. The maximum Gasteiger partial charge on any atom is 0.122 e. The number of hydrogen-bond acceptors (Lipinski definition) is 3. The summed E-state index contributed by atoms with van der Waals surface area (Å²) in [5, 5.41) is 2.10. The van der Waals surface area contributed by atoms with Crippen molar-refractivity contribution in [2.24, 2.45) is 4.99 Å². The van der Waals surface area contributed by atoms with E-state index in [9.17, 15) is 0 Å². The Labute approximate surface area is 103 Å². The highest BCUT2D eigenvalue weighted by Crippen LogP contribution is 2.24. The van der Waals surface area contributed by atoms with E-state index in [2.05, 4.69) is 40.2 Å². The van der Waals surface area contributed by atoms with Crippen molar-refractivity contribution in [3.05, 3.63) is 22.4 Å². The van der Waals surface area contributed by atoms with Gasteiger partial charge in [-0.25, -0.2) is 0 Å². The molecule has 0 radical (unpaired) electrons. The Kier molecular flexibility index (Phi) is 3.94. The molecule has 0 amide bonds. The first-order valence-corrected chi connectivity index (χ1v) is 10.0. The number of thiophene rings is 1. The van der Waals surface area contributed by atoms with Crippen molar-refractivity contribution in [2.75, 3.05) is 19.6 Å². The number of nitrogens with zero attached hydrogens (tertiary/aromatic N) is 2. The lowest BCUT2D eigenvalue weighted by atomic mass is 10.4. The van der Waals surface area contributed by atoms with Crippen LogP contribution in [-0.4, -0.2) is 38.6 Å². The van der Waals surface area contributed by atoms with E-state index in [1.807, 2.05) is 6.21 Å². The standard InChI is InChI=1S/C12H20N2SSi/c1-16(2)10-4-7-14(16)8-6-13-11-12-5-3-9-15-12/h3,5,9,11H,4,6-8,10H2,1-2H3. The maximum atomic E-state index is 4.51. The minimum Gasteiger partial charge on any atom is -0.322 e. The molecule has 0 unspecified atom stereocenters. The van der Waals surface area contributed by atoms with Crippen LogP contribution in [0.15, 0.2) is 22.5 Å². The molecular weight excluding hydrogens is 232 g/mol. The Hall–Kier alpha value is -0.453. The van der Waals surface area contributed by atoms with E-state index in [4.69, 9.17) is 0 Å². The van der Waals surface area contributed by atoms with Gasteiger partial charge in [0.05, 0.1) is 6.54 Å². The largest absolute Gasteiger partial charge is 0.322 e. The third-order valence-electron chi connectivity index (χ3n) is 3.33. The Morgan fingerprint density at radius 2 is 2.44 bits per heavy atom. The molecular formula is C12H20N2SSi. The summed E-state index contributed by atoms with van der Waals surface area (Å²) in [5.41, 5.74) is 0. The minimum absolute atomic E-state index is 0.953. The van der Waals surface area contributed by atoms with Crippen LogP contribution in [0.2, 0.25) is 19.1 Å². The smallest absolute Gasteiger partial charge is 0.122 e. The zero-order valence-electron chi connectivity index (χ0n) is 10.1. The third-order valence-corrected chi connectivity index (χ3v) is 7.88. The van der Waals surface area contributed by atoms with E-state index in [-0.39, 0.29) is 0 Å². The summed E-state index contributed by atoms with van der Waals surface area (Å²) in [7, 11) is -1.02. The van der Waals surface area contributed by atoms with Gasteiger partial charge in [0.15, 0.2) is 0 Å². The monoisotopic (exact) mass is 252 g/mol. The molecule has 1 aliphatic rings. The predicted octanol–water partition coefficient (Wildman–Crippen LogP) is 3.08. The molecule has 0 N–H and O–H groups in total. The van der Waals surface area contributed by atoms with Crippen molar-refractivity contribution in [2.45, 2.75) is 25.6 Å². The molecule has 0 bridgehead atoms. The van der Waals surface area contributed by atoms with Crippen LogP contribution in [0.1, 0.15) is 11.3 Å². The summed E-state index contributed by atoms with van der Waals surface area (Å²) in [5.74, 6) is 0. The fourth-order valence-electron chi connectivity index (χ4n) is 2.28. The van der Waals surface area contributed by atoms with Gasteiger partial charge in [0, 0.05) is 17.6 Å². The van der Waals surface area contributed by atoms with Gasteiger partial charge in [0.2, 0.25) is 0 Å². The highest BCUT2D eigenvalue weighted by Gasteiger charge is 2.33. The quantitative estimate of drug-likeness (QED) is 0.594. The summed E-state index contributed by atoms with van der Waals surface area (Å²) in [6, 6.07) is 5.65. The molecule has 0 saturated carbocycles. The summed E-state index contributed by atoms with van der Waals surface area (Å²) < 4.78 is 2.69. The van der Waals surface area contributed by atoms with Gasteiger partial charge < -0.3 is 4.57 Å². The van der Waals surface area contributed by atoms with Crippen LogP contribution < -0.4 is 0 Å². The van der Waals surface area contributed by atoms with E-state index >= 15 is 0 Å². The van der Waals surface area contributed by atoms with Crippen LogP contribution in [0.3, 0.4) is 0 Å². The molecule has 1 saturated heterocycles. The first-order valence-electron chi connectivity index (χ1n) is 5.97. The Morgan fingerprint density at radius 3 is 3.06 bits per heavy atom. The van der Waals surface area contributed by atoms with Gasteiger partial charge in [-0.2, -0.15) is 0 Å². The molecule has 2 heterocycles. The Bertz CT molecular complexity index is 346. The average molecular weight is 252 g/mol. The topological polar surface area (TPSA) is 15.6 Å². The van der Waals surface area contributed by atoms with E-state index in [0.717, 1.165) is 13.1 Å². The molecule has 0 atom stereocenters. The normalized spacial score (nSPS) is 20.9. The van der Waals surface area contributed by atoms with Gasteiger partial charge >= 0.3 is 0 Å². The molecule has 0 aliphatic carbocycles. The molecule has 1 fully saturated rings. The second-order valence-electron chi connectivity index (χ2n) is 4.95. The van der Waals surface area contributed by atoms with Crippen molar-refractivity contribution in [1.29, 1.82) is 0 Å². The van der Waals surface area contributed by atoms with Crippen molar-refractivity contribution in [1.82, 2.24) is 4.57 Å². The average Bonchev–Trinajstić information content (AvgIpc) is 2.83. The van der Waals surface area contributed by atoms with Gasteiger partial charge in [0.25, 0.3) is 0 Å². The van der Waals surface area contributed by atoms with Crippen molar-refractivity contribution in [3.63, 3.8) is 0 Å². The van der Waals surface area contributed by atoms with Gasteiger partial charge in [0.1, 0.15) is 8.24 Å². The number of hydrogen-bond donors (Lipinski definition) is 0. The molecule has 2 nitrogen and oxygen atoms in total. The first kappa shape index (κ1) is 12.0. The van der Waals surface area contributed by atoms with Gasteiger partial charge in [-0.3, -0.25) is 4.99 Å². The van der Waals surface area contributed by atoms with E-state index in [0.29, 0.717) is 0 Å². The molecule has 1 aliphatic heterocycles. The molecule has 88 valence electrons. The van der Waals surface area contributed by atoms with Crippen molar-refractivity contribution < 1.29 is 0 Å². The second-order valence-corrected chi connectivity index (χ2v) is 10.7. The Balaban J connectivity index is 1.76. The second kappa shape index (κ2) is 5.25. The lowest BCUT2D eigenvalue weighted by Crippen LogP contribution is -2.44. The Morgan fingerprint density at radius 1 is 1.56 bits per heavy atom. The highest BCUT2D eigenvalue weighted by molar-refractivity contribution is 7.11. The molecule has 1 aromatic heterocycles. The van der Waals surface area contributed by atoms with Gasteiger partial charge in [-0.15, -0.1) is 11.3 Å². The fraction of sp³-hybridized carbons (Fsp3) is 0.583. The third kappa shape index (κ3) is 3.03. The zero-order valence-corrected chi connectivity index (χ0v) is 12.0. The maximum absolute atomic E-state index is 4.51. The minimum atomic E-state index is -1.02. The lowest BCUT2D eigenvalue weighted by Gasteiger charge is -2.28.